The van der Waals surface area contributed by atoms with Crippen LogP contribution in [-0.2, 0) is 37.1 Å². The standard InChI is InChI=1S/C29H27NO8/c1-29(34)16-23(31)25(27(32)37-17-19-8-4-2-5-9-19)24(21-12-14-22(15-13-21)30(35)36)26(29)28(33)38-18-20-10-6-3-7-11-20/h2-15,24-26,34H,16-18H2,1H3. The van der Waals surface area contributed by atoms with Crippen LogP contribution in [0.5, 0.6) is 0 Å². The second-order valence-corrected chi connectivity index (χ2v) is 9.52. The molecule has 4 atom stereocenters. The van der Waals surface area contributed by atoms with Crippen LogP contribution in [0.25, 0.3) is 0 Å². The first-order valence-electron chi connectivity index (χ1n) is 12.1. The molecule has 4 unspecified atom stereocenters. The van der Waals surface area contributed by atoms with Gasteiger partial charge in [-0.15, -0.1) is 0 Å². The quantitative estimate of drug-likeness (QED) is 0.204. The van der Waals surface area contributed by atoms with E-state index in [0.29, 0.717) is 11.1 Å². The third-order valence-electron chi connectivity index (χ3n) is 6.71. The molecule has 196 valence electrons. The minimum atomic E-state index is -1.84. The van der Waals surface area contributed by atoms with Crippen LogP contribution < -0.4 is 0 Å². The maximum absolute atomic E-state index is 13.4. The molecule has 0 saturated heterocycles. The van der Waals surface area contributed by atoms with Crippen molar-refractivity contribution in [2.45, 2.75) is 38.1 Å². The highest BCUT2D eigenvalue weighted by Crippen LogP contribution is 2.47. The lowest BCUT2D eigenvalue weighted by atomic mass is 9.61. The Morgan fingerprint density at radius 1 is 0.895 bits per heavy atom. The Hall–Kier alpha value is -4.37. The van der Waals surface area contributed by atoms with Crippen LogP contribution in [0.4, 0.5) is 5.69 Å². The first-order valence-corrected chi connectivity index (χ1v) is 12.1. The van der Waals surface area contributed by atoms with E-state index in [1.165, 1.54) is 31.2 Å². The summed E-state index contributed by atoms with van der Waals surface area (Å²) in [5.74, 6) is -6.15. The van der Waals surface area contributed by atoms with Crippen LogP contribution in [0.1, 0.15) is 36.0 Å². The summed E-state index contributed by atoms with van der Waals surface area (Å²) < 4.78 is 11.0. The van der Waals surface area contributed by atoms with Crippen molar-refractivity contribution in [2.24, 2.45) is 11.8 Å². The highest BCUT2D eigenvalue weighted by molar-refractivity contribution is 6.02. The molecule has 3 aromatic carbocycles. The number of nitrogens with zero attached hydrogens (tertiary/aromatic N) is 1. The van der Waals surface area contributed by atoms with Gasteiger partial charge in [0.2, 0.25) is 0 Å². The first kappa shape index (κ1) is 26.7. The fourth-order valence-corrected chi connectivity index (χ4v) is 4.87. The zero-order valence-electron chi connectivity index (χ0n) is 20.7. The highest BCUT2D eigenvalue weighted by atomic mass is 16.6. The van der Waals surface area contributed by atoms with E-state index in [1.807, 2.05) is 12.1 Å². The molecule has 38 heavy (non-hydrogen) atoms. The fourth-order valence-electron chi connectivity index (χ4n) is 4.87. The van der Waals surface area contributed by atoms with Crippen molar-refractivity contribution in [1.29, 1.82) is 0 Å². The SMILES string of the molecule is CC1(O)CC(=O)C(C(=O)OCc2ccccc2)C(c2ccc([N+](=O)[O-])cc2)C1C(=O)OCc1ccccc1. The normalized spacial score (nSPS) is 22.9. The smallest absolute Gasteiger partial charge is 0.317 e. The second kappa shape index (κ2) is 11.4. The van der Waals surface area contributed by atoms with Gasteiger partial charge in [-0.25, -0.2) is 0 Å². The van der Waals surface area contributed by atoms with Crippen LogP contribution >= 0.6 is 0 Å². The Kier molecular flexibility index (Phi) is 7.97. The number of nitro benzene ring substituents is 1. The monoisotopic (exact) mass is 517 g/mol. The Labute approximate surface area is 219 Å². The number of carbonyl (C=O) groups excluding carboxylic acids is 3. The van der Waals surface area contributed by atoms with E-state index < -0.39 is 52.4 Å². The largest absolute Gasteiger partial charge is 0.461 e. The summed E-state index contributed by atoms with van der Waals surface area (Å²) in [4.78, 5) is 50.6. The van der Waals surface area contributed by atoms with Gasteiger partial charge in [-0.2, -0.15) is 0 Å². The molecule has 1 saturated carbocycles. The maximum Gasteiger partial charge on any atom is 0.317 e. The third-order valence-corrected chi connectivity index (χ3v) is 6.71. The summed E-state index contributed by atoms with van der Waals surface area (Å²) in [7, 11) is 0. The topological polar surface area (TPSA) is 133 Å². The summed E-state index contributed by atoms with van der Waals surface area (Å²) in [6, 6.07) is 23.1. The average Bonchev–Trinajstić information content (AvgIpc) is 2.90. The number of esters is 2. The molecule has 4 rings (SSSR count). The summed E-state index contributed by atoms with van der Waals surface area (Å²) in [6.07, 6.45) is -0.466. The van der Waals surface area contributed by atoms with E-state index in [0.717, 1.165) is 5.56 Å². The van der Waals surface area contributed by atoms with Gasteiger partial charge in [0, 0.05) is 24.5 Å². The molecule has 1 fully saturated rings. The molecule has 1 N–H and O–H groups in total. The molecule has 0 radical (unpaired) electrons. The van der Waals surface area contributed by atoms with E-state index in [1.54, 1.807) is 48.5 Å². The number of hydrogen-bond acceptors (Lipinski definition) is 8. The third kappa shape index (κ3) is 5.95. The molecular formula is C29H27NO8. The van der Waals surface area contributed by atoms with Crippen LogP contribution in [0.3, 0.4) is 0 Å². The molecule has 9 heteroatoms. The van der Waals surface area contributed by atoms with Crippen molar-refractivity contribution in [2.75, 3.05) is 0 Å². The lowest BCUT2D eigenvalue weighted by Gasteiger charge is -2.43. The predicted molar refractivity (Wildman–Crippen MR) is 136 cm³/mol. The lowest BCUT2D eigenvalue weighted by Crippen LogP contribution is -2.55. The maximum atomic E-state index is 13.4. The van der Waals surface area contributed by atoms with Gasteiger partial charge in [0.1, 0.15) is 19.1 Å². The van der Waals surface area contributed by atoms with E-state index >= 15 is 0 Å². The van der Waals surface area contributed by atoms with E-state index in [4.69, 9.17) is 9.47 Å². The van der Waals surface area contributed by atoms with Crippen LogP contribution in [0, 0.1) is 22.0 Å². The zero-order chi connectivity index (χ0) is 27.3. The molecule has 0 aliphatic heterocycles. The Bertz CT molecular complexity index is 1310. The molecular weight excluding hydrogens is 490 g/mol. The van der Waals surface area contributed by atoms with Gasteiger partial charge < -0.3 is 14.6 Å². The minimum Gasteiger partial charge on any atom is -0.461 e. The number of hydrogen-bond donors (Lipinski definition) is 1. The molecule has 9 nitrogen and oxygen atoms in total. The van der Waals surface area contributed by atoms with Gasteiger partial charge in [-0.1, -0.05) is 72.8 Å². The second-order valence-electron chi connectivity index (χ2n) is 9.52. The number of carbonyl (C=O) groups is 3. The van der Waals surface area contributed by atoms with Crippen molar-refractivity contribution in [1.82, 2.24) is 0 Å². The lowest BCUT2D eigenvalue weighted by molar-refractivity contribution is -0.384. The van der Waals surface area contributed by atoms with Crippen molar-refractivity contribution in [3.05, 3.63) is 112 Å². The van der Waals surface area contributed by atoms with Crippen LogP contribution in [-0.4, -0.2) is 33.4 Å². The van der Waals surface area contributed by atoms with Gasteiger partial charge >= 0.3 is 11.9 Å². The summed E-state index contributed by atoms with van der Waals surface area (Å²) >= 11 is 0. The van der Waals surface area contributed by atoms with Gasteiger partial charge in [0.05, 0.1) is 16.4 Å². The average molecular weight is 518 g/mol. The number of ketones is 1. The summed E-state index contributed by atoms with van der Waals surface area (Å²) in [5.41, 5.74) is -0.311. The van der Waals surface area contributed by atoms with Crippen molar-refractivity contribution in [3.63, 3.8) is 0 Å². The van der Waals surface area contributed by atoms with Crippen LogP contribution in [0.15, 0.2) is 84.9 Å². The number of nitro groups is 1. The molecule has 0 bridgehead atoms. The van der Waals surface area contributed by atoms with Crippen molar-refractivity contribution < 1.29 is 33.9 Å². The number of non-ortho nitro benzene ring substituents is 1. The molecule has 1 aliphatic rings. The Morgan fingerprint density at radius 2 is 1.39 bits per heavy atom. The molecule has 0 spiro atoms. The van der Waals surface area contributed by atoms with E-state index in [9.17, 15) is 29.6 Å². The zero-order valence-corrected chi connectivity index (χ0v) is 20.7. The minimum absolute atomic E-state index is 0.0731. The van der Waals surface area contributed by atoms with Gasteiger partial charge in [-0.3, -0.25) is 24.5 Å². The van der Waals surface area contributed by atoms with Crippen molar-refractivity contribution in [3.8, 4) is 0 Å². The van der Waals surface area contributed by atoms with E-state index in [2.05, 4.69) is 0 Å². The number of ether oxygens (including phenoxy) is 2. The van der Waals surface area contributed by atoms with Gasteiger partial charge in [0.15, 0.2) is 5.78 Å². The van der Waals surface area contributed by atoms with Crippen molar-refractivity contribution >= 4 is 23.4 Å². The van der Waals surface area contributed by atoms with Crippen LogP contribution in [0.2, 0.25) is 0 Å². The number of Topliss-reactive ketones (excluding diaryl/α,β-unsaturated/α-hetero) is 1. The molecule has 0 heterocycles. The Balaban J connectivity index is 1.68. The first-order chi connectivity index (χ1) is 18.2. The predicted octanol–water partition coefficient (Wildman–Crippen LogP) is 4.12. The summed E-state index contributed by atoms with van der Waals surface area (Å²) in [6.45, 7) is 1.19. The molecule has 1 aliphatic carbocycles. The molecule has 0 amide bonds. The van der Waals surface area contributed by atoms with E-state index in [-0.39, 0.29) is 18.9 Å². The fraction of sp³-hybridized carbons (Fsp3) is 0.276. The number of rotatable bonds is 8. The number of aliphatic hydroxyl groups is 1. The van der Waals surface area contributed by atoms with Gasteiger partial charge in [-0.05, 0) is 23.6 Å². The van der Waals surface area contributed by atoms with Gasteiger partial charge in [0.25, 0.3) is 5.69 Å². The highest BCUT2D eigenvalue weighted by Gasteiger charge is 2.57. The molecule has 3 aromatic rings. The number of benzene rings is 3. The summed E-state index contributed by atoms with van der Waals surface area (Å²) in [5, 5.41) is 22.5. The molecule has 0 aromatic heterocycles. The Morgan fingerprint density at radius 3 is 1.89 bits per heavy atom.